The van der Waals surface area contributed by atoms with Crippen LogP contribution in [0.25, 0.3) is 6.08 Å². The minimum Gasteiger partial charge on any atom is -0.369 e. The molecule has 5 nitrogen and oxygen atoms in total. The molecule has 0 spiro atoms. The zero-order valence-corrected chi connectivity index (χ0v) is 11.4. The minimum atomic E-state index is -0.325. The van der Waals surface area contributed by atoms with Gasteiger partial charge in [0.25, 0.3) is 0 Å². The monoisotopic (exact) mass is 273 g/mol. The van der Waals surface area contributed by atoms with Crippen molar-refractivity contribution >= 4 is 17.9 Å². The maximum Gasteiger partial charge on any atom is 0.228 e. The van der Waals surface area contributed by atoms with Crippen molar-refractivity contribution in [2.75, 3.05) is 13.1 Å². The molecule has 1 aliphatic rings. The predicted molar refractivity (Wildman–Crippen MR) is 76.5 cm³/mol. The molecular formula is C15H19N3O2. The summed E-state index contributed by atoms with van der Waals surface area (Å²) in [5, 5.41) is 0. The smallest absolute Gasteiger partial charge is 0.228 e. The number of carbonyl (C=O) groups excluding carboxylic acids is 2. The molecule has 0 radical (unpaired) electrons. The molecule has 20 heavy (non-hydrogen) atoms. The Morgan fingerprint density at radius 2 is 2.30 bits per heavy atom. The Morgan fingerprint density at radius 1 is 1.50 bits per heavy atom. The van der Waals surface area contributed by atoms with E-state index in [2.05, 4.69) is 11.6 Å². The summed E-state index contributed by atoms with van der Waals surface area (Å²) >= 11 is 0. The van der Waals surface area contributed by atoms with Crippen LogP contribution >= 0.6 is 0 Å². The van der Waals surface area contributed by atoms with Crippen molar-refractivity contribution in [1.29, 1.82) is 0 Å². The van der Waals surface area contributed by atoms with E-state index in [4.69, 9.17) is 5.73 Å². The van der Waals surface area contributed by atoms with E-state index in [1.807, 2.05) is 18.2 Å². The fourth-order valence-corrected chi connectivity index (χ4v) is 2.41. The molecule has 1 aliphatic heterocycles. The van der Waals surface area contributed by atoms with E-state index in [9.17, 15) is 9.59 Å². The van der Waals surface area contributed by atoms with Crippen LogP contribution in [0.15, 0.2) is 24.8 Å². The second-order valence-corrected chi connectivity index (χ2v) is 5.02. The van der Waals surface area contributed by atoms with Crippen molar-refractivity contribution in [3.8, 4) is 0 Å². The van der Waals surface area contributed by atoms with E-state index in [-0.39, 0.29) is 24.2 Å². The Hall–Kier alpha value is -2.17. The number of primary amides is 1. The maximum absolute atomic E-state index is 12.2. The fraction of sp³-hybridized carbons (Fsp3) is 0.400. The first-order valence-electron chi connectivity index (χ1n) is 6.75. The van der Waals surface area contributed by atoms with Gasteiger partial charge in [-0.05, 0) is 31.1 Å². The van der Waals surface area contributed by atoms with Gasteiger partial charge in [0, 0.05) is 13.1 Å². The number of rotatable bonds is 4. The van der Waals surface area contributed by atoms with Gasteiger partial charge in [-0.15, -0.1) is 0 Å². The molecule has 2 rings (SSSR count). The second kappa shape index (κ2) is 6.32. The quantitative estimate of drug-likeness (QED) is 0.888. The van der Waals surface area contributed by atoms with Crippen molar-refractivity contribution < 1.29 is 9.59 Å². The standard InChI is InChI=1S/C15H19N3O2/c1-2-12-6-3-7-13(17-12)9-14(19)18-8-4-5-11(10-18)15(16)20/h2-3,6-7,11H,1,4-5,8-10H2,(H2,16,20)/t11-/m0/s1. The summed E-state index contributed by atoms with van der Waals surface area (Å²) in [5.74, 6) is -0.556. The van der Waals surface area contributed by atoms with Crippen LogP contribution in [-0.2, 0) is 16.0 Å². The third-order valence-corrected chi connectivity index (χ3v) is 3.55. The third kappa shape index (κ3) is 3.44. The van der Waals surface area contributed by atoms with Crippen LogP contribution in [0.1, 0.15) is 24.2 Å². The average molecular weight is 273 g/mol. The van der Waals surface area contributed by atoms with Gasteiger partial charge in [-0.1, -0.05) is 12.6 Å². The van der Waals surface area contributed by atoms with E-state index < -0.39 is 0 Å². The number of hydrogen-bond acceptors (Lipinski definition) is 3. The molecule has 1 saturated heterocycles. The molecule has 0 aromatic carbocycles. The van der Waals surface area contributed by atoms with Crippen LogP contribution < -0.4 is 5.73 Å². The summed E-state index contributed by atoms with van der Waals surface area (Å²) in [6, 6.07) is 5.51. The molecule has 1 aromatic heterocycles. The normalized spacial score (nSPS) is 18.6. The summed E-state index contributed by atoms with van der Waals surface area (Å²) in [5.41, 5.74) is 6.79. The highest BCUT2D eigenvalue weighted by molar-refractivity contribution is 5.81. The topological polar surface area (TPSA) is 76.3 Å². The highest BCUT2D eigenvalue weighted by Crippen LogP contribution is 2.17. The molecule has 1 atom stereocenters. The van der Waals surface area contributed by atoms with Crippen LogP contribution in [0.4, 0.5) is 0 Å². The first-order valence-corrected chi connectivity index (χ1v) is 6.75. The van der Waals surface area contributed by atoms with E-state index in [0.717, 1.165) is 18.5 Å². The van der Waals surface area contributed by atoms with Crippen molar-refractivity contribution in [3.05, 3.63) is 36.2 Å². The Balaban J connectivity index is 2.00. The van der Waals surface area contributed by atoms with Crippen LogP contribution in [-0.4, -0.2) is 34.8 Å². The van der Waals surface area contributed by atoms with Gasteiger partial charge in [-0.2, -0.15) is 0 Å². The molecular weight excluding hydrogens is 254 g/mol. The first kappa shape index (κ1) is 14.2. The summed E-state index contributed by atoms with van der Waals surface area (Å²) < 4.78 is 0. The maximum atomic E-state index is 12.2. The third-order valence-electron chi connectivity index (χ3n) is 3.55. The summed E-state index contributed by atoms with van der Waals surface area (Å²) in [6.45, 7) is 4.77. The van der Waals surface area contributed by atoms with E-state index in [0.29, 0.717) is 18.8 Å². The number of nitrogens with zero attached hydrogens (tertiary/aromatic N) is 2. The molecule has 5 heteroatoms. The average Bonchev–Trinajstić information content (AvgIpc) is 2.47. The van der Waals surface area contributed by atoms with Crippen LogP contribution in [0, 0.1) is 5.92 Å². The molecule has 0 bridgehead atoms. The molecule has 1 aromatic rings. The molecule has 2 heterocycles. The first-order chi connectivity index (χ1) is 9.60. The molecule has 1 fully saturated rings. The zero-order valence-electron chi connectivity index (χ0n) is 11.4. The van der Waals surface area contributed by atoms with Gasteiger partial charge < -0.3 is 10.6 Å². The molecule has 0 saturated carbocycles. The molecule has 0 unspecified atom stereocenters. The largest absolute Gasteiger partial charge is 0.369 e. The highest BCUT2D eigenvalue weighted by Gasteiger charge is 2.26. The molecule has 2 amide bonds. The van der Waals surface area contributed by atoms with Crippen LogP contribution in [0.5, 0.6) is 0 Å². The lowest BCUT2D eigenvalue weighted by Crippen LogP contribution is -2.44. The Labute approximate surface area is 118 Å². The Bertz CT molecular complexity index is 528. The predicted octanol–water partition coefficient (Wildman–Crippen LogP) is 0.991. The van der Waals surface area contributed by atoms with Crippen LogP contribution in [0.2, 0.25) is 0 Å². The van der Waals surface area contributed by atoms with Gasteiger partial charge in [0.1, 0.15) is 0 Å². The van der Waals surface area contributed by atoms with Crippen molar-refractivity contribution in [3.63, 3.8) is 0 Å². The molecule has 2 N–H and O–H groups in total. The SMILES string of the molecule is C=Cc1cccc(CC(=O)N2CCC[C@H](C(N)=O)C2)n1. The number of aromatic nitrogens is 1. The van der Waals surface area contributed by atoms with Gasteiger partial charge in [-0.3, -0.25) is 14.6 Å². The summed E-state index contributed by atoms with van der Waals surface area (Å²) in [7, 11) is 0. The fourth-order valence-electron chi connectivity index (χ4n) is 2.41. The Morgan fingerprint density at radius 3 is 3.00 bits per heavy atom. The lowest BCUT2D eigenvalue weighted by molar-refractivity contribution is -0.134. The number of nitrogens with two attached hydrogens (primary N) is 1. The number of hydrogen-bond donors (Lipinski definition) is 1. The van der Waals surface area contributed by atoms with E-state index in [1.165, 1.54) is 0 Å². The second-order valence-electron chi connectivity index (χ2n) is 5.02. The lowest BCUT2D eigenvalue weighted by atomic mass is 9.97. The van der Waals surface area contributed by atoms with Gasteiger partial charge in [0.15, 0.2) is 0 Å². The summed E-state index contributed by atoms with van der Waals surface area (Å²) in [4.78, 5) is 29.5. The lowest BCUT2D eigenvalue weighted by Gasteiger charge is -2.31. The number of carbonyl (C=O) groups is 2. The van der Waals surface area contributed by atoms with Gasteiger partial charge in [0.05, 0.1) is 23.7 Å². The number of pyridine rings is 1. The number of likely N-dealkylation sites (tertiary alicyclic amines) is 1. The summed E-state index contributed by atoms with van der Waals surface area (Å²) in [6.07, 6.45) is 3.48. The number of amides is 2. The van der Waals surface area contributed by atoms with Gasteiger partial charge >= 0.3 is 0 Å². The van der Waals surface area contributed by atoms with E-state index in [1.54, 1.807) is 11.0 Å². The van der Waals surface area contributed by atoms with E-state index >= 15 is 0 Å². The molecule has 106 valence electrons. The number of piperidine rings is 1. The van der Waals surface area contributed by atoms with Gasteiger partial charge in [-0.25, -0.2) is 0 Å². The van der Waals surface area contributed by atoms with Crippen molar-refractivity contribution in [2.24, 2.45) is 11.7 Å². The van der Waals surface area contributed by atoms with Crippen molar-refractivity contribution in [2.45, 2.75) is 19.3 Å². The van der Waals surface area contributed by atoms with Crippen LogP contribution in [0.3, 0.4) is 0 Å². The highest BCUT2D eigenvalue weighted by atomic mass is 16.2. The Kier molecular flexibility index (Phi) is 4.50. The minimum absolute atomic E-state index is 0.00957. The van der Waals surface area contributed by atoms with Gasteiger partial charge in [0.2, 0.25) is 11.8 Å². The zero-order chi connectivity index (χ0) is 14.5. The molecule has 0 aliphatic carbocycles. The van der Waals surface area contributed by atoms with Crippen molar-refractivity contribution in [1.82, 2.24) is 9.88 Å².